The van der Waals surface area contributed by atoms with Gasteiger partial charge in [0.1, 0.15) is 5.01 Å². The highest BCUT2D eigenvalue weighted by Gasteiger charge is 2.24. The molecule has 1 N–H and O–H groups in total. The molecular weight excluding hydrogens is 194 g/mol. The summed E-state index contributed by atoms with van der Waals surface area (Å²) in [7, 11) is 0. The van der Waals surface area contributed by atoms with Crippen LogP contribution in [0.4, 0.5) is 5.13 Å². The van der Waals surface area contributed by atoms with Crippen LogP contribution in [-0.2, 0) is 0 Å². The summed E-state index contributed by atoms with van der Waals surface area (Å²) in [5.74, 6) is 0.710. The second-order valence-corrected chi connectivity index (χ2v) is 5.35. The highest BCUT2D eigenvalue weighted by atomic mass is 32.1. The van der Waals surface area contributed by atoms with Gasteiger partial charge in [0.15, 0.2) is 0 Å². The number of hydrogen-bond donors (Lipinski definition) is 1. The molecule has 1 aromatic rings. The van der Waals surface area contributed by atoms with Gasteiger partial charge in [0.25, 0.3) is 0 Å². The van der Waals surface area contributed by atoms with Crippen molar-refractivity contribution in [1.82, 2.24) is 10.2 Å². The van der Waals surface area contributed by atoms with E-state index in [9.17, 15) is 0 Å². The summed E-state index contributed by atoms with van der Waals surface area (Å²) in [5, 5.41) is 14.2. The highest BCUT2D eigenvalue weighted by Crippen LogP contribution is 2.37. The zero-order valence-electron chi connectivity index (χ0n) is 8.20. The van der Waals surface area contributed by atoms with E-state index in [1.165, 1.54) is 43.5 Å². The molecule has 76 valence electrons. The van der Waals surface area contributed by atoms with Crippen molar-refractivity contribution in [3.63, 3.8) is 0 Å². The van der Waals surface area contributed by atoms with Crippen LogP contribution in [0.25, 0.3) is 0 Å². The van der Waals surface area contributed by atoms with E-state index in [4.69, 9.17) is 0 Å². The van der Waals surface area contributed by atoms with Crippen molar-refractivity contribution < 1.29 is 0 Å². The maximum Gasteiger partial charge on any atom is 0.205 e. The Balaban J connectivity index is 1.68. The second kappa shape index (κ2) is 3.50. The zero-order chi connectivity index (χ0) is 9.38. The first-order chi connectivity index (χ1) is 6.92. The predicted molar refractivity (Wildman–Crippen MR) is 57.8 cm³/mol. The predicted octanol–water partition coefficient (Wildman–Crippen LogP) is 2.77. The molecule has 2 fully saturated rings. The highest BCUT2D eigenvalue weighted by molar-refractivity contribution is 7.15. The van der Waals surface area contributed by atoms with Crippen LogP contribution >= 0.6 is 11.3 Å². The van der Waals surface area contributed by atoms with Crippen molar-refractivity contribution in [3.05, 3.63) is 5.01 Å². The Kier molecular flexibility index (Phi) is 2.16. The van der Waals surface area contributed by atoms with Crippen LogP contribution in [-0.4, -0.2) is 16.2 Å². The molecule has 0 aliphatic heterocycles. The normalized spacial score (nSPS) is 22.9. The lowest BCUT2D eigenvalue weighted by Crippen LogP contribution is -1.99. The van der Waals surface area contributed by atoms with E-state index in [1.807, 2.05) is 0 Å². The average Bonchev–Trinajstić information content (AvgIpc) is 2.71. The summed E-state index contributed by atoms with van der Waals surface area (Å²) in [5.41, 5.74) is 0. The van der Waals surface area contributed by atoms with Crippen LogP contribution < -0.4 is 5.32 Å². The van der Waals surface area contributed by atoms with Gasteiger partial charge in [0.05, 0.1) is 0 Å². The molecule has 0 unspecified atom stereocenters. The Bertz CT molecular complexity index is 313. The van der Waals surface area contributed by atoms with Crippen molar-refractivity contribution in [1.29, 1.82) is 0 Å². The van der Waals surface area contributed by atoms with Crippen molar-refractivity contribution in [3.8, 4) is 0 Å². The molecule has 0 aromatic carbocycles. The molecule has 0 atom stereocenters. The maximum absolute atomic E-state index is 4.29. The minimum Gasteiger partial charge on any atom is -0.357 e. The van der Waals surface area contributed by atoms with Gasteiger partial charge in [-0.15, -0.1) is 10.2 Å². The lowest BCUT2D eigenvalue weighted by Gasteiger charge is -2.01. The van der Waals surface area contributed by atoms with Crippen LogP contribution in [0.15, 0.2) is 0 Å². The fourth-order valence-corrected chi connectivity index (χ4v) is 3.02. The smallest absolute Gasteiger partial charge is 0.205 e. The first-order valence-corrected chi connectivity index (χ1v) is 6.33. The van der Waals surface area contributed by atoms with Gasteiger partial charge in [0.2, 0.25) is 5.13 Å². The topological polar surface area (TPSA) is 37.8 Å². The fraction of sp³-hybridized carbons (Fsp3) is 0.800. The maximum atomic E-state index is 4.29. The first kappa shape index (κ1) is 8.65. The lowest BCUT2D eigenvalue weighted by molar-refractivity contribution is 0.705. The van der Waals surface area contributed by atoms with Crippen molar-refractivity contribution in [2.75, 3.05) is 5.32 Å². The van der Waals surface area contributed by atoms with Crippen molar-refractivity contribution in [2.24, 2.45) is 0 Å². The lowest BCUT2D eigenvalue weighted by atomic mass is 10.1. The van der Waals surface area contributed by atoms with E-state index >= 15 is 0 Å². The molecule has 4 heteroatoms. The molecule has 14 heavy (non-hydrogen) atoms. The number of rotatable bonds is 3. The molecule has 2 aliphatic carbocycles. The fourth-order valence-electron chi connectivity index (χ4n) is 2.03. The van der Waals surface area contributed by atoms with Crippen LogP contribution in [0, 0.1) is 0 Å². The molecule has 2 saturated carbocycles. The quantitative estimate of drug-likeness (QED) is 0.831. The number of nitrogens with one attached hydrogen (secondary N) is 1. The molecule has 1 aromatic heterocycles. The van der Waals surface area contributed by atoms with Crippen LogP contribution in [0.3, 0.4) is 0 Å². The van der Waals surface area contributed by atoms with Crippen LogP contribution in [0.1, 0.15) is 49.5 Å². The Hall–Kier alpha value is -0.640. The third-order valence-corrected chi connectivity index (χ3v) is 4.07. The molecule has 2 aliphatic rings. The van der Waals surface area contributed by atoms with Crippen LogP contribution in [0.5, 0.6) is 0 Å². The molecule has 0 saturated heterocycles. The van der Waals surface area contributed by atoms with Gasteiger partial charge >= 0.3 is 0 Å². The minimum absolute atomic E-state index is 0.694. The van der Waals surface area contributed by atoms with Gasteiger partial charge in [-0.2, -0.15) is 0 Å². The van der Waals surface area contributed by atoms with Crippen LogP contribution in [0.2, 0.25) is 0 Å². The minimum atomic E-state index is 0.694. The van der Waals surface area contributed by atoms with E-state index in [0.29, 0.717) is 12.0 Å². The summed E-state index contributed by atoms with van der Waals surface area (Å²) in [6.45, 7) is 0. The molecule has 0 amide bonds. The summed E-state index contributed by atoms with van der Waals surface area (Å²) >= 11 is 1.77. The second-order valence-electron chi connectivity index (χ2n) is 4.35. The Morgan fingerprint density at radius 1 is 1.07 bits per heavy atom. The van der Waals surface area contributed by atoms with Gasteiger partial charge < -0.3 is 5.32 Å². The number of nitrogens with zero attached hydrogens (tertiary/aromatic N) is 2. The number of aromatic nitrogens is 2. The molecule has 1 heterocycles. The van der Waals surface area contributed by atoms with Gasteiger partial charge in [-0.3, -0.25) is 0 Å². The van der Waals surface area contributed by atoms with E-state index < -0.39 is 0 Å². The third-order valence-electron chi connectivity index (χ3n) is 3.05. The number of anilines is 1. The summed E-state index contributed by atoms with van der Waals surface area (Å²) < 4.78 is 0. The molecule has 3 rings (SSSR count). The number of hydrogen-bond acceptors (Lipinski definition) is 4. The zero-order valence-corrected chi connectivity index (χ0v) is 9.02. The molecule has 0 bridgehead atoms. The Morgan fingerprint density at radius 3 is 2.57 bits per heavy atom. The Labute approximate surface area is 87.9 Å². The van der Waals surface area contributed by atoms with E-state index in [1.54, 1.807) is 11.3 Å². The van der Waals surface area contributed by atoms with E-state index in [2.05, 4.69) is 15.5 Å². The monoisotopic (exact) mass is 209 g/mol. The standard InChI is InChI=1S/C10H15N3S/c1-2-4-7(3-1)9-12-13-10(14-9)11-8-5-6-8/h7-8H,1-6H2,(H,11,13). The molecule has 3 nitrogen and oxygen atoms in total. The van der Waals surface area contributed by atoms with Crippen molar-refractivity contribution in [2.45, 2.75) is 50.5 Å². The summed E-state index contributed by atoms with van der Waals surface area (Å²) in [6, 6.07) is 0.694. The third kappa shape index (κ3) is 1.75. The average molecular weight is 209 g/mol. The van der Waals surface area contributed by atoms with Gasteiger partial charge in [0, 0.05) is 12.0 Å². The summed E-state index contributed by atoms with van der Waals surface area (Å²) in [6.07, 6.45) is 7.98. The molecular formula is C10H15N3S. The largest absolute Gasteiger partial charge is 0.357 e. The Morgan fingerprint density at radius 2 is 1.86 bits per heavy atom. The van der Waals surface area contributed by atoms with Gasteiger partial charge in [-0.1, -0.05) is 24.2 Å². The first-order valence-electron chi connectivity index (χ1n) is 5.52. The van der Waals surface area contributed by atoms with Gasteiger partial charge in [-0.25, -0.2) is 0 Å². The van der Waals surface area contributed by atoms with Gasteiger partial charge in [-0.05, 0) is 25.7 Å². The SMILES string of the molecule is C1CCC(c2nnc(NC3CC3)s2)C1. The summed E-state index contributed by atoms with van der Waals surface area (Å²) in [4.78, 5) is 0. The molecule has 0 spiro atoms. The van der Waals surface area contributed by atoms with E-state index in [0.717, 1.165) is 5.13 Å². The van der Waals surface area contributed by atoms with E-state index in [-0.39, 0.29) is 0 Å². The van der Waals surface area contributed by atoms with Crippen molar-refractivity contribution >= 4 is 16.5 Å². The molecule has 0 radical (unpaired) electrons.